The van der Waals surface area contributed by atoms with Gasteiger partial charge in [-0.05, 0) is 59.8 Å². The molecular formula is C16H24BrNS. The van der Waals surface area contributed by atoms with Crippen LogP contribution in [-0.4, -0.2) is 18.8 Å². The van der Waals surface area contributed by atoms with Crippen LogP contribution in [0.4, 0.5) is 0 Å². The summed E-state index contributed by atoms with van der Waals surface area (Å²) in [5, 5.41) is 3.54. The zero-order valence-corrected chi connectivity index (χ0v) is 14.3. The van der Waals surface area contributed by atoms with Crippen molar-refractivity contribution in [2.75, 3.05) is 12.8 Å². The van der Waals surface area contributed by atoms with Gasteiger partial charge in [-0.3, -0.25) is 0 Å². The molecule has 0 aliphatic heterocycles. The molecule has 0 amide bonds. The minimum absolute atomic E-state index is 0.643. The van der Waals surface area contributed by atoms with Crippen molar-refractivity contribution < 1.29 is 0 Å². The fourth-order valence-electron chi connectivity index (χ4n) is 2.88. The molecule has 0 saturated heterocycles. The fraction of sp³-hybridized carbons (Fsp3) is 0.625. The first-order valence-corrected chi connectivity index (χ1v) is 9.03. The predicted octanol–water partition coefficient (Wildman–Crippen LogP) is 4.96. The topological polar surface area (TPSA) is 12.0 Å². The summed E-state index contributed by atoms with van der Waals surface area (Å²) in [6.45, 7) is 2.39. The summed E-state index contributed by atoms with van der Waals surface area (Å²) in [5.74, 6) is 2.96. The van der Waals surface area contributed by atoms with Crippen LogP contribution >= 0.6 is 27.7 Å². The van der Waals surface area contributed by atoms with Gasteiger partial charge >= 0.3 is 0 Å². The quantitative estimate of drug-likeness (QED) is 0.760. The van der Waals surface area contributed by atoms with E-state index in [0.29, 0.717) is 6.04 Å². The summed E-state index contributed by atoms with van der Waals surface area (Å²) in [4.78, 5) is 1.35. The minimum atomic E-state index is 0.643. The standard InChI is InChI=1S/C16H24BrNS/c1-12-7-9-13(10-8-12)15(18-2)11-19-16-6-4-3-5-14(16)17/h3-6,12-13,15,18H,7-11H2,1-2H3. The van der Waals surface area contributed by atoms with Crippen molar-refractivity contribution in [2.24, 2.45) is 11.8 Å². The van der Waals surface area contributed by atoms with Gasteiger partial charge in [-0.2, -0.15) is 0 Å². The molecule has 2 rings (SSSR count). The summed E-state index contributed by atoms with van der Waals surface area (Å²) >= 11 is 5.60. The van der Waals surface area contributed by atoms with Crippen molar-refractivity contribution >= 4 is 27.7 Å². The molecule has 1 N–H and O–H groups in total. The van der Waals surface area contributed by atoms with Gasteiger partial charge in [-0.25, -0.2) is 0 Å². The second-order valence-corrected chi connectivity index (χ2v) is 7.57. The maximum absolute atomic E-state index is 3.63. The van der Waals surface area contributed by atoms with Gasteiger partial charge in [-0.15, -0.1) is 11.8 Å². The molecule has 0 heterocycles. The summed E-state index contributed by atoms with van der Waals surface area (Å²) in [5.41, 5.74) is 0. The van der Waals surface area contributed by atoms with Gasteiger partial charge in [0.1, 0.15) is 0 Å². The molecule has 1 nitrogen and oxygen atoms in total. The molecule has 3 heteroatoms. The zero-order valence-electron chi connectivity index (χ0n) is 11.9. The van der Waals surface area contributed by atoms with Crippen molar-refractivity contribution in [1.29, 1.82) is 0 Å². The van der Waals surface area contributed by atoms with E-state index in [1.54, 1.807) is 0 Å². The van der Waals surface area contributed by atoms with Crippen molar-refractivity contribution in [1.82, 2.24) is 5.32 Å². The Kier molecular flexibility index (Phi) is 6.24. The highest BCUT2D eigenvalue weighted by molar-refractivity contribution is 9.10. The van der Waals surface area contributed by atoms with Crippen LogP contribution in [0.1, 0.15) is 32.6 Å². The van der Waals surface area contributed by atoms with Crippen LogP contribution in [0.25, 0.3) is 0 Å². The summed E-state index contributed by atoms with van der Waals surface area (Å²) in [6.07, 6.45) is 5.59. The predicted molar refractivity (Wildman–Crippen MR) is 88.8 cm³/mol. The van der Waals surface area contributed by atoms with E-state index in [4.69, 9.17) is 0 Å². The SMILES string of the molecule is CNC(CSc1ccccc1Br)C1CCC(C)CC1. The number of hydrogen-bond acceptors (Lipinski definition) is 2. The highest BCUT2D eigenvalue weighted by Gasteiger charge is 2.25. The van der Waals surface area contributed by atoms with E-state index >= 15 is 0 Å². The number of benzene rings is 1. The molecule has 19 heavy (non-hydrogen) atoms. The first-order chi connectivity index (χ1) is 9.20. The number of halogens is 1. The van der Waals surface area contributed by atoms with Crippen LogP contribution < -0.4 is 5.32 Å². The third-order valence-corrected chi connectivity index (χ3v) is 6.40. The number of thioether (sulfide) groups is 1. The molecule has 0 aromatic heterocycles. The van der Waals surface area contributed by atoms with Crippen molar-refractivity contribution in [2.45, 2.75) is 43.5 Å². The second-order valence-electron chi connectivity index (χ2n) is 5.66. The van der Waals surface area contributed by atoms with Gasteiger partial charge in [0.2, 0.25) is 0 Å². The Morgan fingerprint density at radius 3 is 2.58 bits per heavy atom. The Morgan fingerprint density at radius 1 is 1.26 bits per heavy atom. The lowest BCUT2D eigenvalue weighted by Crippen LogP contribution is -2.37. The highest BCUT2D eigenvalue weighted by Crippen LogP contribution is 2.34. The van der Waals surface area contributed by atoms with E-state index in [9.17, 15) is 0 Å². The monoisotopic (exact) mass is 341 g/mol. The summed E-state index contributed by atoms with van der Waals surface area (Å²) in [7, 11) is 2.11. The molecule has 0 bridgehead atoms. The largest absolute Gasteiger partial charge is 0.316 e. The Morgan fingerprint density at radius 2 is 1.95 bits per heavy atom. The van der Waals surface area contributed by atoms with Crippen molar-refractivity contribution in [3.63, 3.8) is 0 Å². The molecule has 1 aromatic carbocycles. The zero-order chi connectivity index (χ0) is 13.7. The summed E-state index contributed by atoms with van der Waals surface area (Å²) < 4.78 is 1.21. The molecule has 0 spiro atoms. The maximum atomic E-state index is 3.63. The Labute approximate surface area is 130 Å². The molecule has 1 aromatic rings. The molecule has 1 atom stereocenters. The van der Waals surface area contributed by atoms with Crippen molar-refractivity contribution in [3.8, 4) is 0 Å². The average molecular weight is 342 g/mol. The van der Waals surface area contributed by atoms with E-state index in [1.165, 1.54) is 35.1 Å². The van der Waals surface area contributed by atoms with Crippen LogP contribution in [0.2, 0.25) is 0 Å². The van der Waals surface area contributed by atoms with E-state index < -0.39 is 0 Å². The second kappa shape index (κ2) is 7.70. The average Bonchev–Trinajstić information content (AvgIpc) is 2.43. The van der Waals surface area contributed by atoms with Gasteiger partial charge in [0.15, 0.2) is 0 Å². The third kappa shape index (κ3) is 4.51. The molecule has 1 aliphatic carbocycles. The van der Waals surface area contributed by atoms with E-state index in [0.717, 1.165) is 17.6 Å². The van der Waals surface area contributed by atoms with Gasteiger partial charge in [0, 0.05) is 21.2 Å². The van der Waals surface area contributed by atoms with E-state index in [2.05, 4.69) is 59.5 Å². The summed E-state index contributed by atoms with van der Waals surface area (Å²) in [6, 6.07) is 9.16. The van der Waals surface area contributed by atoms with Crippen LogP contribution in [0.5, 0.6) is 0 Å². The Hall–Kier alpha value is 0.01000. The number of hydrogen-bond donors (Lipinski definition) is 1. The van der Waals surface area contributed by atoms with Crippen LogP contribution in [0, 0.1) is 11.8 Å². The van der Waals surface area contributed by atoms with Crippen LogP contribution in [0.15, 0.2) is 33.6 Å². The molecule has 1 unspecified atom stereocenters. The lowest BCUT2D eigenvalue weighted by Gasteiger charge is -2.32. The lowest BCUT2D eigenvalue weighted by molar-refractivity contribution is 0.248. The smallest absolute Gasteiger partial charge is 0.0311 e. The van der Waals surface area contributed by atoms with Crippen molar-refractivity contribution in [3.05, 3.63) is 28.7 Å². The first kappa shape index (κ1) is 15.4. The molecule has 0 radical (unpaired) electrons. The first-order valence-electron chi connectivity index (χ1n) is 7.25. The van der Waals surface area contributed by atoms with Gasteiger partial charge in [0.25, 0.3) is 0 Å². The normalized spacial score (nSPS) is 25.2. The molecule has 1 fully saturated rings. The Bertz CT molecular complexity index is 388. The maximum Gasteiger partial charge on any atom is 0.0311 e. The van der Waals surface area contributed by atoms with Crippen LogP contribution in [-0.2, 0) is 0 Å². The van der Waals surface area contributed by atoms with Gasteiger partial charge in [0.05, 0.1) is 0 Å². The molecule has 1 saturated carbocycles. The fourth-order valence-corrected chi connectivity index (χ4v) is 4.69. The number of rotatable bonds is 5. The number of nitrogens with one attached hydrogen (secondary N) is 1. The molecule has 1 aliphatic rings. The van der Waals surface area contributed by atoms with E-state index in [1.807, 2.05) is 11.8 Å². The van der Waals surface area contributed by atoms with Crippen LogP contribution in [0.3, 0.4) is 0 Å². The highest BCUT2D eigenvalue weighted by atomic mass is 79.9. The third-order valence-electron chi connectivity index (χ3n) is 4.26. The molecule has 106 valence electrons. The molecular weight excluding hydrogens is 318 g/mol. The minimum Gasteiger partial charge on any atom is -0.316 e. The lowest BCUT2D eigenvalue weighted by atomic mass is 9.80. The van der Waals surface area contributed by atoms with Gasteiger partial charge in [-0.1, -0.05) is 31.9 Å². The van der Waals surface area contributed by atoms with Gasteiger partial charge < -0.3 is 5.32 Å². The van der Waals surface area contributed by atoms with E-state index in [-0.39, 0.29) is 0 Å². The Balaban J connectivity index is 1.87.